The maximum Gasteiger partial charge on any atom is 0.333 e. The Morgan fingerprint density at radius 3 is 1.28 bits per heavy atom. The second-order valence-corrected chi connectivity index (χ2v) is 7.70. The smallest absolute Gasteiger partial charge is 0.333 e. The molecule has 0 amide bonds. The molecule has 0 heterocycles. The molecule has 0 spiro atoms. The van der Waals surface area contributed by atoms with Crippen molar-refractivity contribution in [2.75, 3.05) is 0 Å². The van der Waals surface area contributed by atoms with Crippen LogP contribution >= 0.6 is 0 Å². The van der Waals surface area contributed by atoms with Crippen LogP contribution in [-0.4, -0.2) is 44.3 Å². The number of carbonyl (C=O) groups is 4. The van der Waals surface area contributed by atoms with Crippen molar-refractivity contribution in [2.45, 2.75) is 78.6 Å². The highest BCUT2D eigenvalue weighted by atomic mass is 16.4. The summed E-state index contributed by atoms with van der Waals surface area (Å²) in [6, 6.07) is 0. The standard InChI is InChI=1S/C20H34O8.4H3N/c1-4-5-6-7-10-13(2)14(3)11-8-9-12-15(16(21)22)20(17(23)24,18(25)26)19(27)28;;;;/h13-15H,4-12H2,1-3H3,(H,21,22)(H,23,24)(H,25,26)(H,27,28);4*1H3. The van der Waals surface area contributed by atoms with Gasteiger partial charge in [-0.1, -0.05) is 72.1 Å². The van der Waals surface area contributed by atoms with E-state index in [9.17, 15) is 39.6 Å². The van der Waals surface area contributed by atoms with Crippen LogP contribution in [0.5, 0.6) is 0 Å². The molecule has 12 nitrogen and oxygen atoms in total. The monoisotopic (exact) mass is 470 g/mol. The third kappa shape index (κ3) is 10.8. The van der Waals surface area contributed by atoms with Gasteiger partial charge in [-0.15, -0.1) is 0 Å². The summed E-state index contributed by atoms with van der Waals surface area (Å²) in [5, 5.41) is 36.9. The molecule has 0 saturated carbocycles. The fourth-order valence-electron chi connectivity index (χ4n) is 3.52. The molecule has 32 heavy (non-hydrogen) atoms. The molecule has 3 unspecified atom stereocenters. The van der Waals surface area contributed by atoms with Gasteiger partial charge >= 0.3 is 23.9 Å². The van der Waals surface area contributed by atoms with Crippen molar-refractivity contribution >= 4 is 23.9 Å². The molecule has 0 aromatic heterocycles. The Labute approximate surface area is 190 Å². The van der Waals surface area contributed by atoms with E-state index in [4.69, 9.17) is 0 Å². The number of carboxylic acids is 4. The summed E-state index contributed by atoms with van der Waals surface area (Å²) < 4.78 is 0. The van der Waals surface area contributed by atoms with Crippen molar-refractivity contribution in [3.63, 3.8) is 0 Å². The molecule has 194 valence electrons. The first kappa shape index (κ1) is 40.1. The Morgan fingerprint density at radius 2 is 0.969 bits per heavy atom. The fourth-order valence-corrected chi connectivity index (χ4v) is 3.52. The average molecular weight is 471 g/mol. The van der Waals surface area contributed by atoms with E-state index in [1.54, 1.807) is 0 Å². The molecule has 0 aliphatic rings. The maximum atomic E-state index is 11.5. The van der Waals surface area contributed by atoms with E-state index in [0.717, 1.165) is 12.8 Å². The number of rotatable bonds is 16. The lowest BCUT2D eigenvalue weighted by molar-refractivity contribution is -0.186. The van der Waals surface area contributed by atoms with Crippen LogP contribution in [0.25, 0.3) is 0 Å². The van der Waals surface area contributed by atoms with Crippen molar-refractivity contribution in [1.82, 2.24) is 24.6 Å². The Balaban J connectivity index is -0.000000607. The number of hydrogen-bond acceptors (Lipinski definition) is 8. The van der Waals surface area contributed by atoms with Crippen LogP contribution in [0.1, 0.15) is 78.6 Å². The fraction of sp³-hybridized carbons (Fsp3) is 0.800. The zero-order valence-corrected chi connectivity index (χ0v) is 19.8. The largest absolute Gasteiger partial charge is 0.481 e. The van der Waals surface area contributed by atoms with Crippen LogP contribution in [0.3, 0.4) is 0 Å². The summed E-state index contributed by atoms with van der Waals surface area (Å²) >= 11 is 0. The zero-order chi connectivity index (χ0) is 21.9. The third-order valence-electron chi connectivity index (χ3n) is 5.72. The van der Waals surface area contributed by atoms with E-state index in [0.29, 0.717) is 18.3 Å². The summed E-state index contributed by atoms with van der Waals surface area (Å²) in [4.78, 5) is 45.7. The van der Waals surface area contributed by atoms with E-state index in [1.165, 1.54) is 25.7 Å². The first-order chi connectivity index (χ1) is 13.0. The van der Waals surface area contributed by atoms with Crippen LogP contribution in [-0.2, 0) is 19.2 Å². The summed E-state index contributed by atoms with van der Waals surface area (Å²) in [6.07, 6.45) is 7.18. The molecule has 0 aliphatic heterocycles. The highest BCUT2D eigenvalue weighted by Crippen LogP contribution is 2.34. The normalized spacial score (nSPS) is 13.0. The van der Waals surface area contributed by atoms with Crippen LogP contribution in [0.15, 0.2) is 0 Å². The highest BCUT2D eigenvalue weighted by Gasteiger charge is 2.62. The molecule has 0 rings (SSSR count). The zero-order valence-electron chi connectivity index (χ0n) is 19.8. The Bertz CT molecular complexity index is 524. The quantitative estimate of drug-likeness (QED) is 0.115. The molecule has 12 heteroatoms. The van der Waals surface area contributed by atoms with Crippen molar-refractivity contribution in [1.29, 1.82) is 0 Å². The summed E-state index contributed by atoms with van der Waals surface area (Å²) in [5.41, 5.74) is -3.38. The second kappa shape index (κ2) is 19.4. The molecule has 0 fully saturated rings. The molecule has 0 bridgehead atoms. The number of aliphatic carboxylic acids is 4. The Morgan fingerprint density at radius 1 is 0.625 bits per heavy atom. The minimum Gasteiger partial charge on any atom is -0.481 e. The van der Waals surface area contributed by atoms with E-state index in [2.05, 4.69) is 20.8 Å². The SMILES string of the molecule is CCCCCCC(C)C(C)CCCCC(C(=O)O)C(C(=O)O)(C(=O)O)C(=O)O.N.N.N.N. The van der Waals surface area contributed by atoms with Crippen molar-refractivity contribution in [3.8, 4) is 0 Å². The van der Waals surface area contributed by atoms with Gasteiger partial charge in [0, 0.05) is 0 Å². The molecule has 0 radical (unpaired) electrons. The molecule has 0 aromatic carbocycles. The number of hydrogen-bond donors (Lipinski definition) is 8. The average Bonchev–Trinajstić information content (AvgIpc) is 2.59. The van der Waals surface area contributed by atoms with Gasteiger partial charge in [0.1, 0.15) is 0 Å². The minimum atomic E-state index is -3.38. The second-order valence-electron chi connectivity index (χ2n) is 7.70. The van der Waals surface area contributed by atoms with Crippen LogP contribution < -0.4 is 24.6 Å². The molecule has 3 atom stereocenters. The van der Waals surface area contributed by atoms with Gasteiger partial charge in [-0.25, -0.2) is 0 Å². The van der Waals surface area contributed by atoms with E-state index < -0.39 is 35.2 Å². The molecular weight excluding hydrogens is 424 g/mol. The lowest BCUT2D eigenvalue weighted by Crippen LogP contribution is -2.54. The lowest BCUT2D eigenvalue weighted by Gasteiger charge is -2.27. The van der Waals surface area contributed by atoms with Gasteiger partial charge in [0.05, 0.1) is 5.92 Å². The molecular formula is C20H46N4O8. The van der Waals surface area contributed by atoms with Crippen LogP contribution in [0, 0.1) is 23.2 Å². The van der Waals surface area contributed by atoms with Gasteiger partial charge in [-0.3, -0.25) is 19.2 Å². The maximum absolute atomic E-state index is 11.5. The highest BCUT2D eigenvalue weighted by molar-refractivity contribution is 6.18. The van der Waals surface area contributed by atoms with E-state index in [-0.39, 0.29) is 37.4 Å². The van der Waals surface area contributed by atoms with E-state index >= 15 is 0 Å². The third-order valence-corrected chi connectivity index (χ3v) is 5.72. The Kier molecular flexibility index (Phi) is 24.3. The first-order valence-corrected chi connectivity index (χ1v) is 9.96. The Hall–Kier alpha value is -2.28. The van der Waals surface area contributed by atoms with Crippen LogP contribution in [0.2, 0.25) is 0 Å². The van der Waals surface area contributed by atoms with Gasteiger partial charge < -0.3 is 45.0 Å². The number of unbranched alkanes of at least 4 members (excludes halogenated alkanes) is 4. The number of carboxylic acid groups (broad SMARTS) is 4. The van der Waals surface area contributed by atoms with E-state index in [1.807, 2.05) is 0 Å². The molecule has 0 aromatic rings. The first-order valence-electron chi connectivity index (χ1n) is 9.96. The molecule has 0 saturated heterocycles. The van der Waals surface area contributed by atoms with Gasteiger partial charge in [-0.2, -0.15) is 0 Å². The van der Waals surface area contributed by atoms with Crippen molar-refractivity contribution < 1.29 is 39.6 Å². The summed E-state index contributed by atoms with van der Waals surface area (Å²) in [5.74, 6) is -9.39. The predicted octanol–water partition coefficient (Wildman–Crippen LogP) is 4.38. The predicted molar refractivity (Wildman–Crippen MR) is 122 cm³/mol. The van der Waals surface area contributed by atoms with Gasteiger partial charge in [0.2, 0.25) is 0 Å². The minimum absolute atomic E-state index is 0. The summed E-state index contributed by atoms with van der Waals surface area (Å²) in [7, 11) is 0. The van der Waals surface area contributed by atoms with Gasteiger partial charge in [0.25, 0.3) is 5.41 Å². The summed E-state index contributed by atoms with van der Waals surface area (Å²) in [6.45, 7) is 6.43. The van der Waals surface area contributed by atoms with Crippen molar-refractivity contribution in [3.05, 3.63) is 0 Å². The van der Waals surface area contributed by atoms with Crippen molar-refractivity contribution in [2.24, 2.45) is 23.2 Å². The molecule has 16 N–H and O–H groups in total. The van der Waals surface area contributed by atoms with Gasteiger partial charge in [-0.05, 0) is 18.3 Å². The lowest BCUT2D eigenvalue weighted by atomic mass is 9.72. The molecule has 0 aliphatic carbocycles. The van der Waals surface area contributed by atoms with Crippen LogP contribution in [0.4, 0.5) is 0 Å². The van der Waals surface area contributed by atoms with Gasteiger partial charge in [0.15, 0.2) is 0 Å². The topological polar surface area (TPSA) is 289 Å².